The summed E-state index contributed by atoms with van der Waals surface area (Å²) < 4.78 is 26.9. The number of thioether (sulfide) groups is 1. The molecule has 2 N–H and O–H groups in total. The lowest BCUT2D eigenvalue weighted by Gasteiger charge is -2.22. The quantitative estimate of drug-likeness (QED) is 0.835. The van der Waals surface area contributed by atoms with E-state index in [1.165, 1.54) is 0 Å². The van der Waals surface area contributed by atoms with Gasteiger partial charge in [0.25, 0.3) is 0 Å². The number of nitrogens with zero attached hydrogens (tertiary/aromatic N) is 1. The maximum absolute atomic E-state index is 13.6. The van der Waals surface area contributed by atoms with Crippen LogP contribution in [0.25, 0.3) is 0 Å². The molecule has 6 heteroatoms. The van der Waals surface area contributed by atoms with E-state index in [4.69, 9.17) is 0 Å². The molecule has 102 valence electrons. The highest BCUT2D eigenvalue weighted by Crippen LogP contribution is 2.23. The molecule has 3 nitrogen and oxygen atoms in total. The van der Waals surface area contributed by atoms with E-state index >= 15 is 0 Å². The van der Waals surface area contributed by atoms with Crippen LogP contribution in [-0.2, 0) is 0 Å². The van der Waals surface area contributed by atoms with Crippen molar-refractivity contribution in [3.8, 4) is 0 Å². The van der Waals surface area contributed by atoms with Crippen LogP contribution in [0.1, 0.15) is 20.8 Å². The normalized spacial score (nSPS) is 11.4. The molecule has 1 rings (SSSR count). The number of halogens is 2. The minimum atomic E-state index is -0.677. The molecule has 18 heavy (non-hydrogen) atoms. The van der Waals surface area contributed by atoms with Crippen LogP contribution < -0.4 is 10.6 Å². The van der Waals surface area contributed by atoms with Gasteiger partial charge < -0.3 is 10.6 Å². The van der Waals surface area contributed by atoms with Gasteiger partial charge in [-0.3, -0.25) is 0 Å². The Hall–Kier alpha value is -1.04. The first-order valence-corrected chi connectivity index (χ1v) is 7.01. The molecule has 0 bridgehead atoms. The molecule has 1 aromatic heterocycles. The first-order valence-electron chi connectivity index (χ1n) is 5.78. The lowest BCUT2D eigenvalue weighted by atomic mass is 10.2. The lowest BCUT2D eigenvalue weighted by Crippen LogP contribution is -2.26. The second-order valence-corrected chi connectivity index (χ2v) is 6.01. The van der Waals surface area contributed by atoms with E-state index in [9.17, 15) is 8.78 Å². The molecule has 0 spiro atoms. The van der Waals surface area contributed by atoms with Crippen molar-refractivity contribution in [1.29, 1.82) is 0 Å². The molecule has 0 amide bonds. The summed E-state index contributed by atoms with van der Waals surface area (Å²) in [5, 5.41) is 5.67. The number of nitrogens with one attached hydrogen (secondary N) is 2. The van der Waals surface area contributed by atoms with Gasteiger partial charge >= 0.3 is 0 Å². The second kappa shape index (κ2) is 6.22. The maximum atomic E-state index is 13.6. The van der Waals surface area contributed by atoms with Crippen LogP contribution in [0.5, 0.6) is 0 Å². The Labute approximate surface area is 111 Å². The molecule has 0 unspecified atom stereocenters. The van der Waals surface area contributed by atoms with Crippen molar-refractivity contribution >= 4 is 23.4 Å². The van der Waals surface area contributed by atoms with Crippen molar-refractivity contribution in [1.82, 2.24) is 4.98 Å². The number of aromatic nitrogens is 1. The standard InChI is InChI=1S/C12H19F2N3S/c1-5-15-10-8(13)6-9(14)11(17-10)16-7-12(2,3)18-4/h6H,5,7H2,1-4H3,(H2,15,16,17). The number of hydrogen-bond acceptors (Lipinski definition) is 4. The van der Waals surface area contributed by atoms with Gasteiger partial charge in [0.15, 0.2) is 23.3 Å². The fraction of sp³-hybridized carbons (Fsp3) is 0.583. The SMILES string of the molecule is CCNc1nc(NCC(C)(C)SC)c(F)cc1F. The predicted molar refractivity (Wildman–Crippen MR) is 74.4 cm³/mol. The summed E-state index contributed by atoms with van der Waals surface area (Å²) in [5.74, 6) is -1.20. The summed E-state index contributed by atoms with van der Waals surface area (Å²) in [4.78, 5) is 3.92. The average Bonchev–Trinajstić information content (AvgIpc) is 2.31. The molecule has 0 radical (unpaired) electrons. The minimum absolute atomic E-state index is 0.0408. The Morgan fingerprint density at radius 3 is 2.28 bits per heavy atom. The fourth-order valence-electron chi connectivity index (χ4n) is 1.25. The van der Waals surface area contributed by atoms with Crippen molar-refractivity contribution in [3.05, 3.63) is 17.7 Å². The van der Waals surface area contributed by atoms with Crippen LogP contribution in [0, 0.1) is 11.6 Å². The van der Waals surface area contributed by atoms with E-state index in [-0.39, 0.29) is 16.4 Å². The van der Waals surface area contributed by atoms with E-state index in [2.05, 4.69) is 15.6 Å². The van der Waals surface area contributed by atoms with Gasteiger partial charge in [0, 0.05) is 23.9 Å². The van der Waals surface area contributed by atoms with E-state index in [0.717, 1.165) is 6.07 Å². The largest absolute Gasteiger partial charge is 0.368 e. The van der Waals surface area contributed by atoms with Crippen molar-refractivity contribution in [2.75, 3.05) is 30.0 Å². The van der Waals surface area contributed by atoms with Gasteiger partial charge in [0.1, 0.15) is 0 Å². The molecule has 0 aromatic carbocycles. The predicted octanol–water partition coefficient (Wildman–Crippen LogP) is 3.35. The third kappa shape index (κ3) is 4.01. The Morgan fingerprint density at radius 2 is 1.78 bits per heavy atom. The van der Waals surface area contributed by atoms with Gasteiger partial charge in [-0.25, -0.2) is 13.8 Å². The second-order valence-electron chi connectivity index (χ2n) is 4.50. The van der Waals surface area contributed by atoms with E-state index in [1.54, 1.807) is 11.8 Å². The highest BCUT2D eigenvalue weighted by Gasteiger charge is 2.18. The van der Waals surface area contributed by atoms with Gasteiger partial charge in [-0.2, -0.15) is 11.8 Å². The molecule has 0 saturated heterocycles. The van der Waals surface area contributed by atoms with E-state index < -0.39 is 11.6 Å². The number of hydrogen-bond donors (Lipinski definition) is 2. The lowest BCUT2D eigenvalue weighted by molar-refractivity contribution is 0.577. The Balaban J connectivity index is 2.85. The molecule has 0 saturated carbocycles. The highest BCUT2D eigenvalue weighted by atomic mass is 32.2. The molecular formula is C12H19F2N3S. The summed E-state index contributed by atoms with van der Waals surface area (Å²) in [6.45, 7) is 6.99. The molecule has 1 heterocycles. The topological polar surface area (TPSA) is 37.0 Å². The van der Waals surface area contributed by atoms with Crippen LogP contribution in [0.3, 0.4) is 0 Å². The monoisotopic (exact) mass is 275 g/mol. The number of rotatable bonds is 6. The molecule has 0 atom stereocenters. The van der Waals surface area contributed by atoms with Crippen molar-refractivity contribution in [2.45, 2.75) is 25.5 Å². The van der Waals surface area contributed by atoms with Crippen molar-refractivity contribution in [2.24, 2.45) is 0 Å². The zero-order chi connectivity index (χ0) is 13.8. The van der Waals surface area contributed by atoms with Crippen LogP contribution in [0.15, 0.2) is 6.07 Å². The summed E-state index contributed by atoms with van der Waals surface area (Å²) in [7, 11) is 0. The summed E-state index contributed by atoms with van der Waals surface area (Å²) in [6, 6.07) is 0.847. The Morgan fingerprint density at radius 1 is 1.22 bits per heavy atom. The van der Waals surface area contributed by atoms with Gasteiger partial charge in [-0.15, -0.1) is 0 Å². The van der Waals surface area contributed by atoms with Gasteiger partial charge in [0.2, 0.25) is 0 Å². The third-order valence-corrected chi connectivity index (χ3v) is 3.76. The molecule has 0 aliphatic heterocycles. The van der Waals surface area contributed by atoms with Gasteiger partial charge in [-0.05, 0) is 27.0 Å². The smallest absolute Gasteiger partial charge is 0.168 e. The zero-order valence-corrected chi connectivity index (χ0v) is 11.9. The first kappa shape index (κ1) is 15.0. The molecule has 0 aliphatic carbocycles. The minimum Gasteiger partial charge on any atom is -0.368 e. The Kier molecular flexibility index (Phi) is 5.19. The maximum Gasteiger partial charge on any atom is 0.168 e. The van der Waals surface area contributed by atoms with Crippen LogP contribution in [-0.4, -0.2) is 29.1 Å². The van der Waals surface area contributed by atoms with Crippen LogP contribution in [0.2, 0.25) is 0 Å². The highest BCUT2D eigenvalue weighted by molar-refractivity contribution is 7.99. The summed E-state index contributed by atoms with van der Waals surface area (Å²) in [6.07, 6.45) is 1.99. The number of anilines is 2. The van der Waals surface area contributed by atoms with Crippen molar-refractivity contribution in [3.63, 3.8) is 0 Å². The van der Waals surface area contributed by atoms with Crippen molar-refractivity contribution < 1.29 is 8.78 Å². The molecule has 1 aromatic rings. The third-order valence-electron chi connectivity index (χ3n) is 2.51. The Bertz CT molecular complexity index is 411. The van der Waals surface area contributed by atoms with Gasteiger partial charge in [0.05, 0.1) is 0 Å². The summed E-state index contributed by atoms with van der Waals surface area (Å²) >= 11 is 1.67. The average molecular weight is 275 g/mol. The molecular weight excluding hydrogens is 256 g/mol. The molecule has 0 aliphatic rings. The zero-order valence-electron chi connectivity index (χ0n) is 11.1. The van der Waals surface area contributed by atoms with Crippen LogP contribution in [0.4, 0.5) is 20.4 Å². The molecule has 0 fully saturated rings. The first-order chi connectivity index (χ1) is 8.39. The van der Waals surface area contributed by atoms with Crippen LogP contribution >= 0.6 is 11.8 Å². The number of pyridine rings is 1. The van der Waals surface area contributed by atoms with E-state index in [1.807, 2.05) is 27.0 Å². The fourth-order valence-corrected chi connectivity index (χ4v) is 1.47. The van der Waals surface area contributed by atoms with E-state index in [0.29, 0.717) is 13.1 Å². The van der Waals surface area contributed by atoms with Gasteiger partial charge in [-0.1, -0.05) is 0 Å². The summed E-state index contributed by atoms with van der Waals surface area (Å²) in [5.41, 5.74) is 0.